The van der Waals surface area contributed by atoms with Gasteiger partial charge in [-0.3, -0.25) is 4.79 Å². The van der Waals surface area contributed by atoms with Crippen LogP contribution in [0.2, 0.25) is 0 Å². The first-order valence-corrected chi connectivity index (χ1v) is 8.66. The van der Waals surface area contributed by atoms with Gasteiger partial charge < -0.3 is 15.8 Å². The molecule has 1 aromatic rings. The Morgan fingerprint density at radius 1 is 1.35 bits per heavy atom. The summed E-state index contributed by atoms with van der Waals surface area (Å²) in [5.41, 5.74) is 7.96. The maximum atomic E-state index is 12.1. The Bertz CT molecular complexity index is 540. The highest BCUT2D eigenvalue weighted by Gasteiger charge is 2.41. The van der Waals surface area contributed by atoms with Gasteiger partial charge in [-0.25, -0.2) is 0 Å². The van der Waals surface area contributed by atoms with Gasteiger partial charge in [0.25, 0.3) is 0 Å². The molecule has 128 valence electrons. The number of nitrogens with two attached hydrogens (primary N) is 1. The van der Waals surface area contributed by atoms with Gasteiger partial charge in [-0.1, -0.05) is 12.1 Å². The van der Waals surface area contributed by atoms with Crippen molar-refractivity contribution in [3.05, 3.63) is 29.3 Å². The Kier molecular flexibility index (Phi) is 6.05. The number of nitrogens with one attached hydrogen (secondary N) is 1. The van der Waals surface area contributed by atoms with Gasteiger partial charge in [0.15, 0.2) is 0 Å². The topological polar surface area (TPSA) is 64.3 Å². The van der Waals surface area contributed by atoms with Crippen LogP contribution in [0.5, 0.6) is 5.75 Å². The Morgan fingerprint density at radius 2 is 2.09 bits per heavy atom. The number of aryl methyl sites for hydroxylation is 2. The summed E-state index contributed by atoms with van der Waals surface area (Å²) in [5.74, 6) is 1.61. The van der Waals surface area contributed by atoms with Crippen LogP contribution in [0.25, 0.3) is 0 Å². The van der Waals surface area contributed by atoms with Gasteiger partial charge in [0, 0.05) is 13.0 Å². The molecule has 23 heavy (non-hydrogen) atoms. The Morgan fingerprint density at radius 3 is 2.74 bits per heavy atom. The summed E-state index contributed by atoms with van der Waals surface area (Å²) in [4.78, 5) is 12.1. The van der Waals surface area contributed by atoms with Crippen LogP contribution in [-0.4, -0.2) is 24.6 Å². The van der Waals surface area contributed by atoms with Crippen molar-refractivity contribution in [2.45, 2.75) is 58.4 Å². The number of carbonyl (C=O) groups is 1. The van der Waals surface area contributed by atoms with E-state index in [4.69, 9.17) is 10.5 Å². The number of carbonyl (C=O) groups excluding carboxylic acids is 1. The standard InChI is InChI=1S/C19H30N2O2/c1-14-7-8-15(2)17(12-14)23-11-5-4-6-18(22)21-19(3,13-20)16-9-10-16/h7-8,12,16H,4-6,9-11,13,20H2,1-3H3,(H,21,22). The van der Waals surface area contributed by atoms with Crippen molar-refractivity contribution < 1.29 is 9.53 Å². The highest BCUT2D eigenvalue weighted by Crippen LogP contribution is 2.39. The van der Waals surface area contributed by atoms with Gasteiger partial charge in [-0.2, -0.15) is 0 Å². The zero-order valence-electron chi connectivity index (χ0n) is 14.7. The average molecular weight is 318 g/mol. The normalized spacial score (nSPS) is 16.7. The van der Waals surface area contributed by atoms with E-state index in [1.54, 1.807) is 0 Å². The fourth-order valence-electron chi connectivity index (χ4n) is 2.85. The molecule has 1 fully saturated rings. The van der Waals surface area contributed by atoms with Crippen molar-refractivity contribution in [2.24, 2.45) is 11.7 Å². The highest BCUT2D eigenvalue weighted by molar-refractivity contribution is 5.76. The van der Waals surface area contributed by atoms with Crippen LogP contribution in [0.3, 0.4) is 0 Å². The van der Waals surface area contributed by atoms with E-state index >= 15 is 0 Å². The second-order valence-electron chi connectivity index (χ2n) is 7.02. The number of hydrogen-bond donors (Lipinski definition) is 2. The van der Waals surface area contributed by atoms with E-state index in [-0.39, 0.29) is 11.4 Å². The molecule has 1 saturated carbocycles. The van der Waals surface area contributed by atoms with Crippen molar-refractivity contribution in [2.75, 3.05) is 13.2 Å². The monoisotopic (exact) mass is 318 g/mol. The molecule has 4 nitrogen and oxygen atoms in total. The molecule has 2 rings (SSSR count). The fourth-order valence-corrected chi connectivity index (χ4v) is 2.85. The third kappa shape index (κ3) is 5.24. The summed E-state index contributed by atoms with van der Waals surface area (Å²) in [7, 11) is 0. The van der Waals surface area contributed by atoms with Crippen LogP contribution in [0.4, 0.5) is 0 Å². The molecule has 1 aliphatic rings. The lowest BCUT2D eigenvalue weighted by Gasteiger charge is -2.29. The van der Waals surface area contributed by atoms with Crippen molar-refractivity contribution >= 4 is 5.91 Å². The van der Waals surface area contributed by atoms with Gasteiger partial charge in [0.2, 0.25) is 5.91 Å². The third-order valence-corrected chi connectivity index (χ3v) is 4.73. The second kappa shape index (κ2) is 7.82. The van der Waals surface area contributed by atoms with E-state index in [2.05, 4.69) is 37.4 Å². The van der Waals surface area contributed by atoms with E-state index in [0.29, 0.717) is 25.5 Å². The molecule has 1 aliphatic carbocycles. The molecule has 1 atom stereocenters. The summed E-state index contributed by atoms with van der Waals surface area (Å²) in [6, 6.07) is 6.22. The van der Waals surface area contributed by atoms with E-state index in [1.165, 1.54) is 18.4 Å². The van der Waals surface area contributed by atoms with Gasteiger partial charge in [-0.05, 0) is 69.6 Å². The molecule has 0 heterocycles. The number of ether oxygens (including phenoxy) is 1. The molecule has 0 bridgehead atoms. The first kappa shape index (κ1) is 17.8. The van der Waals surface area contributed by atoms with Gasteiger partial charge in [-0.15, -0.1) is 0 Å². The Balaban J connectivity index is 1.65. The Labute approximate surface area is 139 Å². The van der Waals surface area contributed by atoms with Crippen molar-refractivity contribution in [3.63, 3.8) is 0 Å². The molecule has 0 aliphatic heterocycles. The molecule has 0 spiro atoms. The van der Waals surface area contributed by atoms with Crippen LogP contribution < -0.4 is 15.8 Å². The summed E-state index contributed by atoms with van der Waals surface area (Å²) < 4.78 is 5.82. The molecule has 1 amide bonds. The fraction of sp³-hybridized carbons (Fsp3) is 0.632. The van der Waals surface area contributed by atoms with E-state index in [1.807, 2.05) is 6.92 Å². The van der Waals surface area contributed by atoms with Crippen molar-refractivity contribution in [3.8, 4) is 5.75 Å². The summed E-state index contributed by atoms with van der Waals surface area (Å²) >= 11 is 0. The van der Waals surface area contributed by atoms with Crippen LogP contribution in [0.15, 0.2) is 18.2 Å². The van der Waals surface area contributed by atoms with Crippen molar-refractivity contribution in [1.82, 2.24) is 5.32 Å². The number of rotatable bonds is 9. The van der Waals surface area contributed by atoms with E-state index < -0.39 is 0 Å². The van der Waals surface area contributed by atoms with E-state index in [0.717, 1.165) is 24.2 Å². The molecule has 0 radical (unpaired) electrons. The zero-order valence-corrected chi connectivity index (χ0v) is 14.7. The molecule has 1 unspecified atom stereocenters. The lowest BCUT2D eigenvalue weighted by Crippen LogP contribution is -2.53. The summed E-state index contributed by atoms with van der Waals surface area (Å²) in [6.07, 6.45) is 4.61. The summed E-state index contributed by atoms with van der Waals surface area (Å²) in [6.45, 7) is 7.33. The molecule has 1 aromatic carbocycles. The van der Waals surface area contributed by atoms with Crippen molar-refractivity contribution in [1.29, 1.82) is 0 Å². The minimum Gasteiger partial charge on any atom is -0.493 e. The smallest absolute Gasteiger partial charge is 0.220 e. The lowest BCUT2D eigenvalue weighted by atomic mass is 9.95. The molecule has 3 N–H and O–H groups in total. The van der Waals surface area contributed by atoms with Crippen LogP contribution in [-0.2, 0) is 4.79 Å². The van der Waals surface area contributed by atoms with Crippen LogP contribution in [0.1, 0.15) is 50.2 Å². The predicted octanol–water partition coefficient (Wildman–Crippen LogP) is 3.10. The molecular weight excluding hydrogens is 288 g/mol. The molecular formula is C19H30N2O2. The SMILES string of the molecule is Cc1ccc(C)c(OCCCCC(=O)NC(C)(CN)C2CC2)c1. The minimum atomic E-state index is -0.216. The number of unbranched alkanes of at least 4 members (excludes halogenated alkanes) is 1. The number of benzene rings is 1. The van der Waals surface area contributed by atoms with E-state index in [9.17, 15) is 4.79 Å². The largest absolute Gasteiger partial charge is 0.493 e. The second-order valence-corrected chi connectivity index (χ2v) is 7.02. The molecule has 0 saturated heterocycles. The number of hydrogen-bond acceptors (Lipinski definition) is 3. The van der Waals surface area contributed by atoms with Crippen LogP contribution in [0, 0.1) is 19.8 Å². The maximum Gasteiger partial charge on any atom is 0.220 e. The van der Waals surface area contributed by atoms with Gasteiger partial charge in [0.05, 0.1) is 12.1 Å². The van der Waals surface area contributed by atoms with Crippen LogP contribution >= 0.6 is 0 Å². The summed E-state index contributed by atoms with van der Waals surface area (Å²) in [5, 5.41) is 3.13. The Hall–Kier alpha value is -1.55. The quantitative estimate of drug-likeness (QED) is 0.688. The highest BCUT2D eigenvalue weighted by atomic mass is 16.5. The van der Waals surface area contributed by atoms with Gasteiger partial charge >= 0.3 is 0 Å². The minimum absolute atomic E-state index is 0.108. The average Bonchev–Trinajstić information content (AvgIpc) is 3.35. The predicted molar refractivity (Wildman–Crippen MR) is 93.6 cm³/mol. The first-order chi connectivity index (χ1) is 10.9. The molecule has 0 aromatic heterocycles. The lowest BCUT2D eigenvalue weighted by molar-refractivity contribution is -0.123. The maximum absolute atomic E-state index is 12.1. The first-order valence-electron chi connectivity index (χ1n) is 8.66. The zero-order chi connectivity index (χ0) is 16.9. The number of amides is 1. The van der Waals surface area contributed by atoms with Gasteiger partial charge in [0.1, 0.15) is 5.75 Å². The third-order valence-electron chi connectivity index (χ3n) is 4.73. The molecule has 4 heteroatoms.